The smallest absolute Gasteiger partial charge is 0.153 e. The minimum atomic E-state index is -0.777. The zero-order valence-electron chi connectivity index (χ0n) is 16.5. The van der Waals surface area contributed by atoms with Gasteiger partial charge in [0.2, 0.25) is 0 Å². The van der Waals surface area contributed by atoms with Crippen LogP contribution in [0.25, 0.3) is 11.1 Å². The summed E-state index contributed by atoms with van der Waals surface area (Å²) in [5, 5.41) is 1.98. The van der Waals surface area contributed by atoms with Crippen molar-refractivity contribution in [3.63, 3.8) is 0 Å². The molecule has 0 unspecified atom stereocenters. The number of isothiocyanates is 1. The maximum absolute atomic E-state index is 14.0. The van der Waals surface area contributed by atoms with Crippen LogP contribution in [-0.2, 0) is 6.42 Å². The highest BCUT2D eigenvalue weighted by molar-refractivity contribution is 7.78. The number of nitrogens with zero attached hydrogens (tertiary/aromatic N) is 1. The van der Waals surface area contributed by atoms with Gasteiger partial charge in [-0.15, -0.1) is 0 Å². The van der Waals surface area contributed by atoms with E-state index in [2.05, 4.69) is 53.3 Å². The lowest BCUT2D eigenvalue weighted by Gasteiger charge is -2.05. The van der Waals surface area contributed by atoms with Crippen LogP contribution in [0.1, 0.15) is 30.0 Å². The molecule has 0 radical (unpaired) electrons. The second kappa shape index (κ2) is 10.4. The number of rotatable bonds is 5. The molecule has 0 aliphatic heterocycles. The van der Waals surface area contributed by atoms with E-state index in [1.807, 2.05) is 36.4 Å². The van der Waals surface area contributed by atoms with Gasteiger partial charge in [0.05, 0.1) is 5.16 Å². The third kappa shape index (κ3) is 5.58. The molecule has 0 fully saturated rings. The van der Waals surface area contributed by atoms with Gasteiger partial charge in [-0.05, 0) is 85.1 Å². The third-order valence-corrected chi connectivity index (χ3v) is 4.62. The predicted octanol–water partition coefficient (Wildman–Crippen LogP) is 7.27. The number of benzene rings is 3. The summed E-state index contributed by atoms with van der Waals surface area (Å²) in [6.07, 6.45) is 6.26. The molecular weight excluding hydrogens is 396 g/mol. The van der Waals surface area contributed by atoms with Gasteiger partial charge in [0.25, 0.3) is 0 Å². The summed E-state index contributed by atoms with van der Waals surface area (Å²) in [4.78, 5) is 3.43. The van der Waals surface area contributed by atoms with E-state index in [1.54, 1.807) is 12.1 Å². The fourth-order valence-electron chi connectivity index (χ4n) is 2.95. The van der Waals surface area contributed by atoms with E-state index in [0.29, 0.717) is 11.1 Å². The van der Waals surface area contributed by atoms with Crippen molar-refractivity contribution in [1.29, 1.82) is 0 Å². The van der Waals surface area contributed by atoms with Gasteiger partial charge >= 0.3 is 0 Å². The summed E-state index contributed by atoms with van der Waals surface area (Å²) in [6, 6.07) is 17.9. The first-order valence-corrected chi connectivity index (χ1v) is 9.91. The van der Waals surface area contributed by atoms with Crippen molar-refractivity contribution >= 4 is 23.1 Å². The highest BCUT2D eigenvalue weighted by atomic mass is 32.1. The number of aryl methyl sites for hydroxylation is 1. The first kappa shape index (κ1) is 21.3. The zero-order chi connectivity index (χ0) is 21.3. The van der Waals surface area contributed by atoms with Crippen LogP contribution in [-0.4, -0.2) is 5.16 Å². The van der Waals surface area contributed by atoms with E-state index in [4.69, 9.17) is 0 Å². The Bertz CT molecular complexity index is 1140. The van der Waals surface area contributed by atoms with Crippen LogP contribution < -0.4 is 0 Å². The molecule has 0 saturated carbocycles. The number of hydrogen-bond acceptors (Lipinski definition) is 2. The topological polar surface area (TPSA) is 12.4 Å². The van der Waals surface area contributed by atoms with Gasteiger partial charge in [0.1, 0.15) is 5.69 Å². The molecule has 3 aromatic rings. The molecule has 0 N–H and O–H groups in total. The number of aliphatic imine (C=N–C) groups is 1. The molecule has 0 aliphatic rings. The molecule has 0 aliphatic carbocycles. The Morgan fingerprint density at radius 1 is 0.867 bits per heavy atom. The fraction of sp³-hybridized carbons (Fsp3) is 0.115. The molecule has 0 bridgehead atoms. The molecule has 148 valence electrons. The summed E-state index contributed by atoms with van der Waals surface area (Å²) >= 11 is 4.42. The zero-order valence-corrected chi connectivity index (χ0v) is 17.3. The van der Waals surface area contributed by atoms with Gasteiger partial charge in [-0.25, -0.2) is 8.78 Å². The lowest BCUT2D eigenvalue weighted by atomic mass is 10.0. The first-order chi connectivity index (χ1) is 14.6. The maximum atomic E-state index is 14.0. The van der Waals surface area contributed by atoms with Crippen LogP contribution in [0, 0.1) is 23.5 Å². The van der Waals surface area contributed by atoms with Crippen molar-refractivity contribution in [2.24, 2.45) is 4.99 Å². The summed E-state index contributed by atoms with van der Waals surface area (Å²) < 4.78 is 28.1. The summed E-state index contributed by atoms with van der Waals surface area (Å²) in [5.41, 5.74) is 3.71. The molecule has 0 aromatic heterocycles. The second-order valence-corrected chi connectivity index (χ2v) is 6.81. The third-order valence-electron chi connectivity index (χ3n) is 4.53. The average molecular weight is 416 g/mol. The molecule has 1 nitrogen and oxygen atoms in total. The predicted molar refractivity (Wildman–Crippen MR) is 122 cm³/mol. The fourth-order valence-corrected chi connectivity index (χ4v) is 3.04. The van der Waals surface area contributed by atoms with E-state index in [9.17, 15) is 8.78 Å². The van der Waals surface area contributed by atoms with Gasteiger partial charge < -0.3 is 0 Å². The van der Waals surface area contributed by atoms with Gasteiger partial charge in [0.15, 0.2) is 11.6 Å². The Morgan fingerprint density at radius 2 is 1.43 bits per heavy atom. The maximum Gasteiger partial charge on any atom is 0.153 e. The normalized spacial score (nSPS) is 10.4. The van der Waals surface area contributed by atoms with E-state index in [0.717, 1.165) is 24.0 Å². The van der Waals surface area contributed by atoms with Crippen LogP contribution in [0.4, 0.5) is 14.5 Å². The van der Waals surface area contributed by atoms with Crippen LogP contribution in [0.2, 0.25) is 0 Å². The van der Waals surface area contributed by atoms with Crippen LogP contribution in [0.3, 0.4) is 0 Å². The molecule has 4 heteroatoms. The van der Waals surface area contributed by atoms with Gasteiger partial charge in [0, 0.05) is 11.1 Å². The Balaban J connectivity index is 1.74. The van der Waals surface area contributed by atoms with Crippen LogP contribution >= 0.6 is 12.2 Å². The average Bonchev–Trinajstić information content (AvgIpc) is 2.76. The van der Waals surface area contributed by atoms with Crippen molar-refractivity contribution in [1.82, 2.24) is 0 Å². The molecular formula is C26H19F2NS. The second-order valence-electron chi connectivity index (χ2n) is 6.62. The van der Waals surface area contributed by atoms with E-state index < -0.39 is 17.3 Å². The van der Waals surface area contributed by atoms with Crippen LogP contribution in [0.5, 0.6) is 0 Å². The number of thiocarbonyl (C=S) groups is 1. The van der Waals surface area contributed by atoms with Gasteiger partial charge in [-0.1, -0.05) is 48.3 Å². The van der Waals surface area contributed by atoms with Crippen molar-refractivity contribution in [2.45, 2.75) is 19.8 Å². The van der Waals surface area contributed by atoms with E-state index in [-0.39, 0.29) is 0 Å². The van der Waals surface area contributed by atoms with Gasteiger partial charge in [-0.2, -0.15) is 4.99 Å². The highest BCUT2D eigenvalue weighted by Gasteiger charge is 2.11. The van der Waals surface area contributed by atoms with Crippen molar-refractivity contribution in [2.75, 3.05) is 0 Å². The van der Waals surface area contributed by atoms with Gasteiger partial charge in [-0.3, -0.25) is 0 Å². The monoisotopic (exact) mass is 415 g/mol. The van der Waals surface area contributed by atoms with Crippen molar-refractivity contribution in [3.8, 4) is 23.0 Å². The molecule has 30 heavy (non-hydrogen) atoms. The number of halogens is 2. The Kier molecular flexibility index (Phi) is 7.40. The molecule has 0 atom stereocenters. The number of allylic oxidation sites excluding steroid dienone is 2. The molecule has 3 aromatic carbocycles. The standard InChI is InChI=1S/C26H19F2NS/c1-2-3-4-5-19-6-8-20(9-7-19)10-11-21-12-14-22(15-13-21)23-16-24(27)26(29-18-30)25(28)17-23/h2-3,6-9,12-17H,4-5H2,1H3/b3-2+. The number of hydrogen-bond donors (Lipinski definition) is 0. The van der Waals surface area contributed by atoms with Crippen molar-refractivity contribution < 1.29 is 8.78 Å². The van der Waals surface area contributed by atoms with Crippen molar-refractivity contribution in [3.05, 3.63) is 101 Å². The van der Waals surface area contributed by atoms with E-state index in [1.165, 1.54) is 17.7 Å². The first-order valence-electron chi connectivity index (χ1n) is 9.50. The highest BCUT2D eigenvalue weighted by Crippen LogP contribution is 2.29. The Morgan fingerprint density at radius 3 is 1.97 bits per heavy atom. The summed E-state index contributed by atoms with van der Waals surface area (Å²) in [7, 11) is 0. The largest absolute Gasteiger partial charge is 0.204 e. The lowest BCUT2D eigenvalue weighted by Crippen LogP contribution is -1.87. The molecule has 0 amide bonds. The SMILES string of the molecule is C/C=C/CCc1ccc(C#Cc2ccc(-c3cc(F)c(N=C=S)c(F)c3)cc2)cc1. The quantitative estimate of drug-likeness (QED) is 0.185. The molecule has 0 heterocycles. The van der Waals surface area contributed by atoms with E-state index >= 15 is 0 Å². The summed E-state index contributed by atoms with van der Waals surface area (Å²) in [6.45, 7) is 2.02. The minimum Gasteiger partial charge on any atom is -0.204 e. The summed E-state index contributed by atoms with van der Waals surface area (Å²) in [5.74, 6) is 4.70. The molecule has 3 rings (SSSR count). The minimum absolute atomic E-state index is 0.418. The lowest BCUT2D eigenvalue weighted by molar-refractivity contribution is 0.588. The Hall–Kier alpha value is -3.38. The molecule has 0 spiro atoms. The van der Waals surface area contributed by atoms with Crippen LogP contribution in [0.15, 0.2) is 77.8 Å². The Labute approximate surface area is 180 Å². The molecule has 0 saturated heterocycles.